The molecule has 2 amide bonds. The number of rotatable bonds is 4. The van der Waals surface area contributed by atoms with Crippen molar-refractivity contribution in [2.75, 3.05) is 5.32 Å². The summed E-state index contributed by atoms with van der Waals surface area (Å²) in [6.07, 6.45) is 4.07. The lowest BCUT2D eigenvalue weighted by molar-refractivity contribution is -0.136. The molecule has 7 heteroatoms. The third-order valence-electron chi connectivity index (χ3n) is 4.63. The fourth-order valence-corrected chi connectivity index (χ4v) is 3.23. The highest BCUT2D eigenvalue weighted by Crippen LogP contribution is 2.24. The number of hydrogen-bond acceptors (Lipinski definition) is 4. The van der Waals surface area contributed by atoms with E-state index in [1.54, 1.807) is 24.3 Å². The molecule has 0 spiro atoms. The number of H-pyrrole nitrogens is 1. The van der Waals surface area contributed by atoms with Gasteiger partial charge in [-0.25, -0.2) is 0 Å². The third-order valence-corrected chi connectivity index (χ3v) is 4.63. The van der Waals surface area contributed by atoms with E-state index < -0.39 is 11.8 Å². The Morgan fingerprint density at radius 1 is 1.04 bits per heavy atom. The van der Waals surface area contributed by atoms with E-state index in [2.05, 4.69) is 20.8 Å². The van der Waals surface area contributed by atoms with Gasteiger partial charge in [-0.3, -0.25) is 14.7 Å². The van der Waals surface area contributed by atoms with Gasteiger partial charge in [-0.15, -0.1) is 0 Å². The first-order chi connectivity index (χ1) is 13.7. The Morgan fingerprint density at radius 2 is 1.86 bits per heavy atom. The Labute approximate surface area is 162 Å². The Balaban J connectivity index is 1.34. The van der Waals surface area contributed by atoms with Crippen molar-refractivity contribution in [3.8, 4) is 11.5 Å². The molecule has 3 aromatic rings. The van der Waals surface area contributed by atoms with Crippen LogP contribution in [0.3, 0.4) is 0 Å². The van der Waals surface area contributed by atoms with E-state index in [4.69, 9.17) is 4.74 Å². The molecule has 0 radical (unpaired) electrons. The van der Waals surface area contributed by atoms with Crippen LogP contribution in [0, 0.1) is 0 Å². The number of nitrogens with one attached hydrogen (secondary N) is 3. The van der Waals surface area contributed by atoms with Crippen LogP contribution in [0.5, 0.6) is 11.5 Å². The van der Waals surface area contributed by atoms with Crippen LogP contribution in [0.1, 0.15) is 17.7 Å². The van der Waals surface area contributed by atoms with E-state index in [1.165, 1.54) is 5.56 Å². The summed E-state index contributed by atoms with van der Waals surface area (Å²) in [5.41, 5.74) is 2.68. The largest absolute Gasteiger partial charge is 0.457 e. The smallest absolute Gasteiger partial charge is 0.313 e. The van der Waals surface area contributed by atoms with Gasteiger partial charge in [0.05, 0.1) is 6.20 Å². The van der Waals surface area contributed by atoms with Gasteiger partial charge in [0.25, 0.3) is 0 Å². The van der Waals surface area contributed by atoms with Crippen molar-refractivity contribution in [1.82, 2.24) is 15.5 Å². The van der Waals surface area contributed by atoms with Gasteiger partial charge in [0, 0.05) is 29.9 Å². The van der Waals surface area contributed by atoms with Crippen LogP contribution < -0.4 is 15.4 Å². The first-order valence-corrected chi connectivity index (χ1v) is 9.13. The first kappa shape index (κ1) is 17.8. The molecular formula is C21H20N4O3. The zero-order valence-corrected chi connectivity index (χ0v) is 15.1. The predicted molar refractivity (Wildman–Crippen MR) is 104 cm³/mol. The molecule has 142 valence electrons. The van der Waals surface area contributed by atoms with Crippen LogP contribution in [-0.2, 0) is 22.4 Å². The number of fused-ring (bicyclic) bond motifs is 1. The zero-order valence-electron chi connectivity index (χ0n) is 15.1. The van der Waals surface area contributed by atoms with Gasteiger partial charge in [-0.2, -0.15) is 5.10 Å². The highest BCUT2D eigenvalue weighted by Gasteiger charge is 2.24. The topological polar surface area (TPSA) is 96.1 Å². The number of aromatic amines is 1. The lowest BCUT2D eigenvalue weighted by Crippen LogP contribution is -2.44. The molecule has 2 aromatic carbocycles. The summed E-state index contributed by atoms with van der Waals surface area (Å²) in [6, 6.07) is 16.2. The normalized spacial score (nSPS) is 15.4. The summed E-state index contributed by atoms with van der Waals surface area (Å²) in [5.74, 6) is -0.0859. The average molecular weight is 376 g/mol. The summed E-state index contributed by atoms with van der Waals surface area (Å²) in [7, 11) is 0. The number of benzene rings is 2. The minimum absolute atomic E-state index is 0.0843. The molecule has 1 aromatic heterocycles. The molecule has 1 atom stereocenters. The molecule has 0 saturated carbocycles. The van der Waals surface area contributed by atoms with Crippen LogP contribution >= 0.6 is 0 Å². The van der Waals surface area contributed by atoms with E-state index in [0.29, 0.717) is 23.6 Å². The molecule has 3 N–H and O–H groups in total. The Hall–Kier alpha value is -3.61. The quantitative estimate of drug-likeness (QED) is 0.610. The SMILES string of the molecule is O=C(Nc1cccc(Oc2ccccc2)c1)C(=O)NC1CCc2cn[nH]c2C1. The Bertz CT molecular complexity index is 984. The molecule has 0 fully saturated rings. The van der Waals surface area contributed by atoms with Gasteiger partial charge in [-0.1, -0.05) is 24.3 Å². The summed E-state index contributed by atoms with van der Waals surface area (Å²) in [5, 5.41) is 12.4. The van der Waals surface area contributed by atoms with Crippen LogP contribution in [-0.4, -0.2) is 28.1 Å². The number of amides is 2. The Kier molecular flexibility index (Phi) is 5.05. The minimum atomic E-state index is -0.702. The van der Waals surface area contributed by atoms with Crippen molar-refractivity contribution in [1.29, 1.82) is 0 Å². The number of aromatic nitrogens is 2. The van der Waals surface area contributed by atoms with Crippen molar-refractivity contribution < 1.29 is 14.3 Å². The number of nitrogens with zero attached hydrogens (tertiary/aromatic N) is 1. The number of carbonyl (C=O) groups excluding carboxylic acids is 2. The van der Waals surface area contributed by atoms with Crippen LogP contribution in [0.15, 0.2) is 60.8 Å². The number of para-hydroxylation sites is 1. The lowest BCUT2D eigenvalue weighted by atomic mass is 9.94. The van der Waals surface area contributed by atoms with E-state index >= 15 is 0 Å². The fraction of sp³-hybridized carbons (Fsp3) is 0.190. The molecule has 0 saturated heterocycles. The summed E-state index contributed by atoms with van der Waals surface area (Å²) in [4.78, 5) is 24.5. The van der Waals surface area contributed by atoms with Crippen molar-refractivity contribution in [3.05, 3.63) is 72.1 Å². The second-order valence-electron chi connectivity index (χ2n) is 6.68. The maximum absolute atomic E-state index is 12.3. The van der Waals surface area contributed by atoms with E-state index in [9.17, 15) is 9.59 Å². The van der Waals surface area contributed by atoms with Crippen LogP contribution in [0.2, 0.25) is 0 Å². The summed E-state index contributed by atoms with van der Waals surface area (Å²) < 4.78 is 5.75. The second kappa shape index (κ2) is 7.96. The molecule has 0 aliphatic heterocycles. The molecule has 7 nitrogen and oxygen atoms in total. The monoisotopic (exact) mass is 376 g/mol. The predicted octanol–water partition coefficient (Wildman–Crippen LogP) is 2.81. The van der Waals surface area contributed by atoms with Gasteiger partial charge in [0.1, 0.15) is 11.5 Å². The van der Waals surface area contributed by atoms with Crippen LogP contribution in [0.4, 0.5) is 5.69 Å². The van der Waals surface area contributed by atoms with Gasteiger partial charge < -0.3 is 15.4 Å². The molecule has 1 heterocycles. The van der Waals surface area contributed by atoms with Gasteiger partial charge in [0.15, 0.2) is 0 Å². The maximum atomic E-state index is 12.3. The molecule has 1 unspecified atom stereocenters. The zero-order chi connectivity index (χ0) is 19.3. The van der Waals surface area contributed by atoms with Crippen molar-refractivity contribution >= 4 is 17.5 Å². The van der Waals surface area contributed by atoms with Crippen molar-refractivity contribution in [2.45, 2.75) is 25.3 Å². The number of carbonyl (C=O) groups is 2. The number of hydrogen-bond donors (Lipinski definition) is 3. The van der Waals surface area contributed by atoms with Gasteiger partial charge >= 0.3 is 11.8 Å². The van der Waals surface area contributed by atoms with Crippen molar-refractivity contribution in [3.63, 3.8) is 0 Å². The number of anilines is 1. The van der Waals surface area contributed by atoms with Gasteiger partial charge in [-0.05, 0) is 42.7 Å². The minimum Gasteiger partial charge on any atom is -0.457 e. The van der Waals surface area contributed by atoms with E-state index in [1.807, 2.05) is 36.5 Å². The standard InChI is InChI=1S/C21H20N4O3/c26-20(21(27)24-16-10-9-14-13-22-25-19(14)12-16)23-15-5-4-8-18(11-15)28-17-6-2-1-3-7-17/h1-8,11,13,16H,9-10,12H2,(H,22,25)(H,23,26)(H,24,27). The fourth-order valence-electron chi connectivity index (χ4n) is 3.23. The van der Waals surface area contributed by atoms with Gasteiger partial charge in [0.2, 0.25) is 0 Å². The average Bonchev–Trinajstić information content (AvgIpc) is 3.17. The molecular weight excluding hydrogens is 356 g/mol. The number of aryl methyl sites for hydroxylation is 1. The molecule has 28 heavy (non-hydrogen) atoms. The maximum Gasteiger partial charge on any atom is 0.313 e. The van der Waals surface area contributed by atoms with Crippen LogP contribution in [0.25, 0.3) is 0 Å². The van der Waals surface area contributed by atoms with Crippen molar-refractivity contribution in [2.24, 2.45) is 0 Å². The Morgan fingerprint density at radius 3 is 2.71 bits per heavy atom. The first-order valence-electron chi connectivity index (χ1n) is 9.13. The van der Waals surface area contributed by atoms with E-state index in [-0.39, 0.29) is 6.04 Å². The molecule has 4 rings (SSSR count). The highest BCUT2D eigenvalue weighted by atomic mass is 16.5. The third kappa shape index (κ3) is 4.20. The number of ether oxygens (including phenoxy) is 1. The lowest BCUT2D eigenvalue weighted by Gasteiger charge is -2.22. The molecule has 0 bridgehead atoms. The second-order valence-corrected chi connectivity index (χ2v) is 6.68. The van der Waals surface area contributed by atoms with E-state index in [0.717, 1.165) is 18.5 Å². The molecule has 1 aliphatic rings. The highest BCUT2D eigenvalue weighted by molar-refractivity contribution is 6.39. The molecule has 1 aliphatic carbocycles. The summed E-state index contributed by atoms with van der Waals surface area (Å²) in [6.45, 7) is 0. The summed E-state index contributed by atoms with van der Waals surface area (Å²) >= 11 is 0.